The first-order chi connectivity index (χ1) is 17.1. The molecule has 0 unspecified atom stereocenters. The largest absolute Gasteiger partial charge is 0.378 e. The summed E-state index contributed by atoms with van der Waals surface area (Å²) in [6.45, 7) is 2.88. The summed E-state index contributed by atoms with van der Waals surface area (Å²) in [6.07, 6.45) is 5.58. The Kier molecular flexibility index (Phi) is 7.25. The minimum atomic E-state index is -0.448. The number of urea groups is 1. The molecule has 1 saturated heterocycles. The van der Waals surface area contributed by atoms with Gasteiger partial charge in [-0.3, -0.25) is 10.1 Å². The molecule has 2 fully saturated rings. The number of ketones is 1. The number of Topliss-reactive ketones (excluding diaryl/α,β-unsaturated/α-hetero) is 1. The molecule has 2 aliphatic rings. The zero-order valence-corrected chi connectivity index (χ0v) is 20.9. The van der Waals surface area contributed by atoms with Crippen LogP contribution in [0.5, 0.6) is 0 Å². The summed E-state index contributed by atoms with van der Waals surface area (Å²) in [7, 11) is 1.75. The van der Waals surface area contributed by atoms with Crippen LogP contribution in [0.15, 0.2) is 33.8 Å². The van der Waals surface area contributed by atoms with Gasteiger partial charge in [0, 0.05) is 37.3 Å². The van der Waals surface area contributed by atoms with E-state index in [4.69, 9.17) is 4.74 Å². The molecule has 1 aromatic carbocycles. The van der Waals surface area contributed by atoms with Gasteiger partial charge in [-0.2, -0.15) is 0 Å². The lowest BCUT2D eigenvalue weighted by Crippen LogP contribution is -2.36. The lowest BCUT2D eigenvalue weighted by molar-refractivity contribution is 0.0923. The van der Waals surface area contributed by atoms with Crippen molar-refractivity contribution in [2.45, 2.75) is 35.0 Å². The summed E-state index contributed by atoms with van der Waals surface area (Å²) in [6, 6.07) is 5.22. The van der Waals surface area contributed by atoms with Crippen molar-refractivity contribution in [3.8, 4) is 0 Å². The molecule has 1 aliphatic carbocycles. The van der Waals surface area contributed by atoms with Crippen LogP contribution >= 0.6 is 23.1 Å². The summed E-state index contributed by atoms with van der Waals surface area (Å²) in [5, 5.41) is 18.1. The summed E-state index contributed by atoms with van der Waals surface area (Å²) in [5.74, 6) is 0.102. The standard InChI is InChI=1S/C22H26N8O3S2/c1-29-22(26-27-28-29)35-18-13-23-21(34-18)25-20(32)24-17-7-6-15(30-8-10-33-11-9-30)12-16(17)19(31)14-4-2-3-5-14/h6-7,12-14H,2-5,8-11H2,1H3,(H2,23,24,25,32). The van der Waals surface area contributed by atoms with Crippen molar-refractivity contribution in [1.82, 2.24) is 25.2 Å². The van der Waals surface area contributed by atoms with Crippen LogP contribution in [0.3, 0.4) is 0 Å². The highest BCUT2D eigenvalue weighted by Gasteiger charge is 2.27. The zero-order valence-electron chi connectivity index (χ0n) is 19.3. The number of thiazole rings is 1. The van der Waals surface area contributed by atoms with Gasteiger partial charge in [0.05, 0.1) is 29.3 Å². The molecule has 13 heteroatoms. The molecular weight excluding hydrogens is 488 g/mol. The van der Waals surface area contributed by atoms with E-state index in [1.807, 2.05) is 18.2 Å². The molecule has 3 heterocycles. The monoisotopic (exact) mass is 514 g/mol. The molecule has 184 valence electrons. The Morgan fingerprint density at radius 2 is 1.97 bits per heavy atom. The minimum Gasteiger partial charge on any atom is -0.378 e. The van der Waals surface area contributed by atoms with Gasteiger partial charge in [0.2, 0.25) is 5.16 Å². The van der Waals surface area contributed by atoms with E-state index in [0.29, 0.717) is 34.8 Å². The number of carbonyl (C=O) groups excluding carboxylic acids is 2. The average molecular weight is 515 g/mol. The summed E-state index contributed by atoms with van der Waals surface area (Å²) in [5.41, 5.74) is 2.04. The van der Waals surface area contributed by atoms with Gasteiger partial charge in [-0.05, 0) is 53.2 Å². The summed E-state index contributed by atoms with van der Waals surface area (Å²) < 4.78 is 7.86. The fourth-order valence-electron chi connectivity index (χ4n) is 4.28. The van der Waals surface area contributed by atoms with Crippen molar-refractivity contribution < 1.29 is 14.3 Å². The molecule has 2 N–H and O–H groups in total. The lowest BCUT2D eigenvalue weighted by atomic mass is 9.94. The van der Waals surface area contributed by atoms with E-state index in [9.17, 15) is 9.59 Å². The number of tetrazole rings is 1. The van der Waals surface area contributed by atoms with Crippen molar-refractivity contribution >= 4 is 51.4 Å². The molecule has 2 aromatic heterocycles. The van der Waals surface area contributed by atoms with Gasteiger partial charge in [0.25, 0.3) is 0 Å². The molecule has 0 bridgehead atoms. The fraction of sp³-hybridized carbons (Fsp3) is 0.455. The van der Waals surface area contributed by atoms with Crippen molar-refractivity contribution in [2.75, 3.05) is 41.8 Å². The van der Waals surface area contributed by atoms with Crippen LogP contribution in [0.4, 0.5) is 21.3 Å². The smallest absolute Gasteiger partial charge is 0.325 e. The van der Waals surface area contributed by atoms with Crippen molar-refractivity contribution in [1.29, 1.82) is 0 Å². The zero-order chi connectivity index (χ0) is 24.2. The Bertz CT molecular complexity index is 1200. The molecule has 1 saturated carbocycles. The Balaban J connectivity index is 1.30. The van der Waals surface area contributed by atoms with E-state index in [0.717, 1.165) is 48.7 Å². The Morgan fingerprint density at radius 1 is 1.17 bits per heavy atom. The number of rotatable bonds is 7. The first-order valence-corrected chi connectivity index (χ1v) is 13.1. The average Bonchev–Trinajstić information content (AvgIpc) is 3.64. The second kappa shape index (κ2) is 10.7. The number of amides is 2. The van der Waals surface area contributed by atoms with Crippen LogP contribution in [-0.2, 0) is 11.8 Å². The molecule has 2 amide bonds. The Labute approximate surface area is 210 Å². The number of ether oxygens (including phenoxy) is 1. The number of hydrogen-bond donors (Lipinski definition) is 2. The number of hydrogen-bond acceptors (Lipinski definition) is 10. The number of aryl methyl sites for hydroxylation is 1. The number of nitrogens with zero attached hydrogens (tertiary/aromatic N) is 6. The van der Waals surface area contributed by atoms with Crippen LogP contribution in [0.1, 0.15) is 36.0 Å². The molecule has 0 spiro atoms. The number of morpholine rings is 1. The Morgan fingerprint density at radius 3 is 2.71 bits per heavy atom. The third kappa shape index (κ3) is 5.63. The summed E-state index contributed by atoms with van der Waals surface area (Å²) in [4.78, 5) is 32.7. The van der Waals surface area contributed by atoms with Crippen LogP contribution in [0, 0.1) is 5.92 Å². The van der Waals surface area contributed by atoms with Crippen LogP contribution < -0.4 is 15.5 Å². The number of aromatic nitrogens is 5. The number of benzene rings is 1. The van der Waals surface area contributed by atoms with E-state index in [1.165, 1.54) is 23.1 Å². The Hall–Kier alpha value is -3.03. The topological polar surface area (TPSA) is 127 Å². The normalized spacial score (nSPS) is 16.4. The first kappa shape index (κ1) is 23.7. The maximum atomic E-state index is 13.4. The lowest BCUT2D eigenvalue weighted by Gasteiger charge is -2.29. The predicted molar refractivity (Wildman–Crippen MR) is 133 cm³/mol. The van der Waals surface area contributed by atoms with Gasteiger partial charge >= 0.3 is 6.03 Å². The van der Waals surface area contributed by atoms with E-state index >= 15 is 0 Å². The van der Waals surface area contributed by atoms with Crippen LogP contribution in [0.2, 0.25) is 0 Å². The highest BCUT2D eigenvalue weighted by Crippen LogP contribution is 2.34. The third-order valence-corrected chi connectivity index (χ3v) is 8.14. The van der Waals surface area contributed by atoms with E-state index in [2.05, 4.69) is 36.0 Å². The molecule has 0 radical (unpaired) electrons. The number of anilines is 3. The van der Waals surface area contributed by atoms with Gasteiger partial charge in [-0.25, -0.2) is 14.5 Å². The molecule has 35 heavy (non-hydrogen) atoms. The first-order valence-electron chi connectivity index (χ1n) is 11.5. The van der Waals surface area contributed by atoms with Gasteiger partial charge in [0.1, 0.15) is 0 Å². The third-order valence-electron chi connectivity index (χ3n) is 6.10. The van der Waals surface area contributed by atoms with Gasteiger partial charge in [-0.15, -0.1) is 5.10 Å². The molecular formula is C22H26N8O3S2. The maximum absolute atomic E-state index is 13.4. The van der Waals surface area contributed by atoms with Crippen LogP contribution in [0.25, 0.3) is 0 Å². The van der Waals surface area contributed by atoms with Crippen molar-refractivity contribution in [2.24, 2.45) is 13.0 Å². The molecule has 3 aromatic rings. The fourth-order valence-corrected chi connectivity index (χ4v) is 5.99. The molecule has 11 nitrogen and oxygen atoms in total. The van der Waals surface area contributed by atoms with E-state index in [-0.39, 0.29) is 11.7 Å². The van der Waals surface area contributed by atoms with Gasteiger partial charge in [0.15, 0.2) is 10.9 Å². The van der Waals surface area contributed by atoms with Gasteiger partial charge in [-0.1, -0.05) is 24.2 Å². The van der Waals surface area contributed by atoms with Crippen molar-refractivity contribution in [3.05, 3.63) is 30.0 Å². The molecule has 0 atom stereocenters. The number of carbonyl (C=O) groups is 2. The van der Waals surface area contributed by atoms with E-state index < -0.39 is 6.03 Å². The highest BCUT2D eigenvalue weighted by atomic mass is 32.2. The highest BCUT2D eigenvalue weighted by molar-refractivity contribution is 8.01. The van der Waals surface area contributed by atoms with E-state index in [1.54, 1.807) is 17.9 Å². The second-order valence-corrected chi connectivity index (χ2v) is 10.7. The van der Waals surface area contributed by atoms with Crippen molar-refractivity contribution in [3.63, 3.8) is 0 Å². The predicted octanol–water partition coefficient (Wildman–Crippen LogP) is 3.67. The quantitative estimate of drug-likeness (QED) is 0.454. The maximum Gasteiger partial charge on any atom is 0.325 e. The molecule has 5 rings (SSSR count). The summed E-state index contributed by atoms with van der Waals surface area (Å²) >= 11 is 2.68. The molecule has 1 aliphatic heterocycles. The number of nitrogens with one attached hydrogen (secondary N) is 2. The van der Waals surface area contributed by atoms with Crippen LogP contribution in [-0.4, -0.2) is 63.3 Å². The minimum absolute atomic E-state index is 0.00666. The second-order valence-electron chi connectivity index (χ2n) is 8.43. The SMILES string of the molecule is Cn1nnnc1Sc1cnc(NC(=O)Nc2ccc(N3CCOCC3)cc2C(=O)C2CCCC2)s1. The van der Waals surface area contributed by atoms with Gasteiger partial charge < -0.3 is 15.0 Å².